The number of fused-ring (bicyclic) bond motifs is 1. The van der Waals surface area contributed by atoms with Crippen LogP contribution in [0, 0.1) is 6.92 Å². The Kier molecular flexibility index (Phi) is 7.05. The molecule has 4 nitrogen and oxygen atoms in total. The number of thiophene rings is 1. The van der Waals surface area contributed by atoms with Crippen LogP contribution in [0.5, 0.6) is 5.88 Å². The first-order valence-electron chi connectivity index (χ1n) is 11.4. The minimum atomic E-state index is 0.397. The third-order valence-electron chi connectivity index (χ3n) is 5.78. The Hall–Kier alpha value is -2.44. The van der Waals surface area contributed by atoms with E-state index in [1.165, 1.54) is 33.6 Å². The summed E-state index contributed by atoms with van der Waals surface area (Å²) in [5.74, 6) is 2.55. The van der Waals surface area contributed by atoms with E-state index in [9.17, 15) is 0 Å². The van der Waals surface area contributed by atoms with Crippen LogP contribution in [0.4, 0.5) is 0 Å². The fourth-order valence-electron chi connectivity index (χ4n) is 3.76. The van der Waals surface area contributed by atoms with Crippen LogP contribution >= 0.6 is 23.4 Å². The largest absolute Gasteiger partial charge is 0.399 e. The Bertz CT molecular complexity index is 1230. The highest BCUT2D eigenvalue weighted by molar-refractivity contribution is 7.95. The van der Waals surface area contributed by atoms with Crippen molar-refractivity contribution in [2.75, 3.05) is 0 Å². The lowest BCUT2D eigenvalue weighted by atomic mass is 9.89. The van der Waals surface area contributed by atoms with Gasteiger partial charge < -0.3 is 4.18 Å². The second-order valence-electron chi connectivity index (χ2n) is 9.34. The zero-order chi connectivity index (χ0) is 23.7. The van der Waals surface area contributed by atoms with Gasteiger partial charge in [-0.15, -0.1) is 11.3 Å². The molecule has 0 saturated heterocycles. The van der Waals surface area contributed by atoms with Gasteiger partial charge in [0.05, 0.1) is 22.5 Å². The highest BCUT2D eigenvalue weighted by Crippen LogP contribution is 2.41. The van der Waals surface area contributed by atoms with Crippen molar-refractivity contribution >= 4 is 33.6 Å². The van der Waals surface area contributed by atoms with E-state index in [0.29, 0.717) is 29.5 Å². The van der Waals surface area contributed by atoms with Crippen molar-refractivity contribution in [1.29, 1.82) is 0 Å². The van der Waals surface area contributed by atoms with Crippen LogP contribution in [0.3, 0.4) is 0 Å². The van der Waals surface area contributed by atoms with Gasteiger partial charge >= 0.3 is 0 Å². The van der Waals surface area contributed by atoms with E-state index in [2.05, 4.69) is 71.0 Å². The minimum absolute atomic E-state index is 0.397. The third kappa shape index (κ3) is 4.92. The summed E-state index contributed by atoms with van der Waals surface area (Å²) in [5.41, 5.74) is 7.05. The molecule has 0 unspecified atom stereocenters. The van der Waals surface area contributed by atoms with E-state index in [1.54, 1.807) is 23.7 Å². The van der Waals surface area contributed by atoms with Crippen LogP contribution in [0.1, 0.15) is 81.5 Å². The summed E-state index contributed by atoms with van der Waals surface area (Å²) in [6.45, 7) is 15.6. The lowest BCUT2D eigenvalue weighted by Crippen LogP contribution is -2.04. The summed E-state index contributed by atoms with van der Waals surface area (Å²) in [7, 11) is 0. The zero-order valence-corrected chi connectivity index (χ0v) is 22.0. The van der Waals surface area contributed by atoms with Crippen molar-refractivity contribution in [2.45, 2.75) is 71.1 Å². The molecular weight excluding hydrogens is 446 g/mol. The standard InChI is InChI=1S/C27H31N3OS2/c1-15(2)20-12-21(16(3)4)24(22(13-20)17(5)6)33-31-27-25-23(18(7)14-32-25)29-26(30-27)19-8-10-28-11-9-19/h8-17H,1-7H3. The molecule has 172 valence electrons. The van der Waals surface area contributed by atoms with Crippen molar-refractivity contribution in [3.05, 3.63) is 64.3 Å². The van der Waals surface area contributed by atoms with Crippen LogP contribution in [-0.2, 0) is 0 Å². The number of hydrogen-bond acceptors (Lipinski definition) is 6. The molecule has 0 amide bonds. The summed E-state index contributed by atoms with van der Waals surface area (Å²) in [5, 5.41) is 2.11. The molecular formula is C27H31N3OS2. The van der Waals surface area contributed by atoms with Crippen LogP contribution < -0.4 is 4.18 Å². The Morgan fingerprint density at radius 3 is 2.09 bits per heavy atom. The predicted octanol–water partition coefficient (Wildman–Crippen LogP) is 8.52. The lowest BCUT2D eigenvalue weighted by Gasteiger charge is -2.21. The van der Waals surface area contributed by atoms with Crippen molar-refractivity contribution in [2.24, 2.45) is 0 Å². The van der Waals surface area contributed by atoms with Crippen LogP contribution in [0.15, 0.2) is 46.9 Å². The smallest absolute Gasteiger partial charge is 0.250 e. The van der Waals surface area contributed by atoms with Crippen molar-refractivity contribution < 1.29 is 4.18 Å². The molecule has 0 spiro atoms. The SMILES string of the molecule is Cc1csc2c(OSc3c(C(C)C)cc(C(C)C)cc3C(C)C)nc(-c3ccncc3)nc12. The molecule has 3 aromatic heterocycles. The molecule has 0 aliphatic rings. The maximum absolute atomic E-state index is 6.42. The predicted molar refractivity (Wildman–Crippen MR) is 141 cm³/mol. The van der Waals surface area contributed by atoms with E-state index < -0.39 is 0 Å². The molecule has 0 bridgehead atoms. The Morgan fingerprint density at radius 2 is 1.52 bits per heavy atom. The molecule has 0 N–H and O–H groups in total. The number of aromatic nitrogens is 3. The average Bonchev–Trinajstić information content (AvgIpc) is 3.18. The van der Waals surface area contributed by atoms with Crippen molar-refractivity contribution in [3.63, 3.8) is 0 Å². The molecule has 3 heterocycles. The van der Waals surface area contributed by atoms with Gasteiger partial charge in [-0.25, -0.2) is 4.98 Å². The monoisotopic (exact) mass is 477 g/mol. The Balaban J connectivity index is 1.79. The lowest BCUT2D eigenvalue weighted by molar-refractivity contribution is 0.621. The normalized spacial score (nSPS) is 11.8. The molecule has 0 radical (unpaired) electrons. The first-order chi connectivity index (χ1) is 15.8. The molecule has 6 heteroatoms. The van der Waals surface area contributed by atoms with Gasteiger partial charge in [-0.2, -0.15) is 4.98 Å². The molecule has 4 aromatic rings. The minimum Gasteiger partial charge on any atom is -0.399 e. The number of rotatable bonds is 7. The highest BCUT2D eigenvalue weighted by Gasteiger charge is 2.21. The molecule has 0 aliphatic heterocycles. The van der Waals surface area contributed by atoms with Crippen molar-refractivity contribution in [1.82, 2.24) is 15.0 Å². The fraction of sp³-hybridized carbons (Fsp3) is 0.370. The van der Waals surface area contributed by atoms with Crippen LogP contribution in [0.25, 0.3) is 21.6 Å². The van der Waals surface area contributed by atoms with Crippen LogP contribution in [0.2, 0.25) is 0 Å². The van der Waals surface area contributed by atoms with E-state index in [0.717, 1.165) is 21.3 Å². The number of nitrogens with zero attached hydrogens (tertiary/aromatic N) is 3. The van der Waals surface area contributed by atoms with Gasteiger partial charge in [0.1, 0.15) is 4.70 Å². The number of benzene rings is 1. The van der Waals surface area contributed by atoms with E-state index in [1.807, 2.05) is 12.1 Å². The number of pyridine rings is 1. The third-order valence-corrected chi connectivity index (χ3v) is 7.74. The summed E-state index contributed by atoms with van der Waals surface area (Å²) < 4.78 is 7.40. The number of aryl methyl sites for hydroxylation is 1. The van der Waals surface area contributed by atoms with Gasteiger partial charge in [0.15, 0.2) is 5.82 Å². The summed E-state index contributed by atoms with van der Waals surface area (Å²) in [4.78, 5) is 15.0. The maximum atomic E-state index is 6.42. The van der Waals surface area contributed by atoms with E-state index >= 15 is 0 Å². The van der Waals surface area contributed by atoms with Crippen molar-refractivity contribution in [3.8, 4) is 17.3 Å². The van der Waals surface area contributed by atoms with Gasteiger partial charge in [-0.1, -0.05) is 53.7 Å². The van der Waals surface area contributed by atoms with Gasteiger partial charge in [0, 0.05) is 18.0 Å². The molecule has 1 aromatic carbocycles. The highest BCUT2D eigenvalue weighted by atomic mass is 32.2. The molecule has 0 atom stereocenters. The quantitative estimate of drug-likeness (QED) is 0.250. The summed E-state index contributed by atoms with van der Waals surface area (Å²) in [6.07, 6.45) is 3.53. The second kappa shape index (κ2) is 9.82. The topological polar surface area (TPSA) is 47.9 Å². The maximum Gasteiger partial charge on any atom is 0.250 e. The first kappa shape index (κ1) is 23.7. The molecule has 4 rings (SSSR count). The Morgan fingerprint density at radius 1 is 0.879 bits per heavy atom. The molecule has 0 aliphatic carbocycles. The summed E-state index contributed by atoms with van der Waals surface area (Å²) in [6, 6.07) is 8.55. The number of hydrogen-bond donors (Lipinski definition) is 0. The fourth-order valence-corrected chi connectivity index (χ4v) is 5.79. The Labute approximate surface area is 205 Å². The zero-order valence-electron chi connectivity index (χ0n) is 20.3. The van der Waals surface area contributed by atoms with Gasteiger partial charge in [0.25, 0.3) is 0 Å². The van der Waals surface area contributed by atoms with Gasteiger partial charge in [0.2, 0.25) is 5.88 Å². The molecule has 33 heavy (non-hydrogen) atoms. The van der Waals surface area contributed by atoms with Gasteiger partial charge in [-0.05, 0) is 64.4 Å². The van der Waals surface area contributed by atoms with Crippen LogP contribution in [-0.4, -0.2) is 15.0 Å². The second-order valence-corrected chi connectivity index (χ2v) is 11.0. The van der Waals surface area contributed by atoms with Gasteiger partial charge in [-0.3, -0.25) is 4.98 Å². The average molecular weight is 478 g/mol. The van der Waals surface area contributed by atoms with E-state index in [4.69, 9.17) is 14.2 Å². The first-order valence-corrected chi connectivity index (χ1v) is 13.1. The molecule has 0 fully saturated rings. The molecule has 0 saturated carbocycles. The van der Waals surface area contributed by atoms with E-state index in [-0.39, 0.29) is 0 Å². The summed E-state index contributed by atoms with van der Waals surface area (Å²) >= 11 is 3.07.